The summed E-state index contributed by atoms with van der Waals surface area (Å²) in [5.74, 6) is 0.598. The Bertz CT molecular complexity index is 1300. The molecule has 1 aliphatic carbocycles. The number of ether oxygens (including phenoxy) is 3. The van der Waals surface area contributed by atoms with E-state index in [2.05, 4.69) is 10.3 Å². The van der Waals surface area contributed by atoms with Crippen LogP contribution >= 0.6 is 0 Å². The lowest BCUT2D eigenvalue weighted by Gasteiger charge is -2.31. The fourth-order valence-corrected chi connectivity index (χ4v) is 5.20. The molecule has 0 atom stereocenters. The lowest BCUT2D eigenvalue weighted by atomic mass is 9.94. The molecule has 1 saturated carbocycles. The van der Waals surface area contributed by atoms with Crippen molar-refractivity contribution in [2.75, 3.05) is 26.8 Å². The van der Waals surface area contributed by atoms with Crippen LogP contribution in [-0.2, 0) is 32.2 Å². The predicted molar refractivity (Wildman–Crippen MR) is 168 cm³/mol. The summed E-state index contributed by atoms with van der Waals surface area (Å²) in [5.41, 5.74) is 2.17. The maximum Gasteiger partial charge on any atom is 0.414 e. The Morgan fingerprint density at radius 2 is 1.77 bits per heavy atom. The normalized spacial score (nSPS) is 15.1. The van der Waals surface area contributed by atoms with Gasteiger partial charge in [0.25, 0.3) is 0 Å². The third-order valence-corrected chi connectivity index (χ3v) is 7.67. The molecule has 1 aliphatic heterocycles. The molecular weight excluding hydrogens is 560 g/mol. The number of nitrogens with one attached hydrogen (secondary N) is 1. The number of esters is 1. The number of carbonyl (C=O) groups excluding carboxylic acids is 3. The molecule has 10 nitrogen and oxygen atoms in total. The van der Waals surface area contributed by atoms with E-state index in [1.165, 1.54) is 19.3 Å². The van der Waals surface area contributed by atoms with Gasteiger partial charge in [0.05, 0.1) is 18.9 Å². The van der Waals surface area contributed by atoms with Crippen molar-refractivity contribution >= 4 is 29.6 Å². The first-order chi connectivity index (χ1) is 21.1. The zero-order chi connectivity index (χ0) is 31.5. The highest BCUT2D eigenvalue weighted by Gasteiger charge is 2.26. The van der Waals surface area contributed by atoms with Crippen molar-refractivity contribution in [2.45, 2.75) is 84.9 Å². The van der Waals surface area contributed by atoms with Gasteiger partial charge in [-0.25, -0.2) is 9.79 Å². The second-order valence-electron chi connectivity index (χ2n) is 12.7. The summed E-state index contributed by atoms with van der Waals surface area (Å²) < 4.78 is 16.9. The minimum atomic E-state index is -0.673. The predicted octanol–water partition coefficient (Wildman–Crippen LogP) is 5.96. The van der Waals surface area contributed by atoms with Crippen molar-refractivity contribution in [1.29, 1.82) is 0 Å². The van der Waals surface area contributed by atoms with E-state index < -0.39 is 12.1 Å². The van der Waals surface area contributed by atoms with Gasteiger partial charge in [-0.15, -0.1) is 0 Å². The summed E-state index contributed by atoms with van der Waals surface area (Å²) in [6.07, 6.45) is 6.22. The third kappa shape index (κ3) is 10.3. The standard InChI is InChI=1S/C34H46N4O6/c1-34(2,3)24-44-31(40)22-38-21-26-20-28(42-19-11-16-30(39)37(4)27-14-9-6-10-15-27)17-18-29(26)35-32(38)36-33(41)43-23-25-12-7-5-8-13-25/h5,7-8,12-13,17-18,20,27H,6,9-11,14-16,19,21-24H2,1-4H3,(H,35,36,41). The van der Waals surface area contributed by atoms with Crippen LogP contribution in [0.25, 0.3) is 0 Å². The highest BCUT2D eigenvalue weighted by atomic mass is 16.5. The number of hydrogen-bond donors (Lipinski definition) is 1. The number of hydrogen-bond acceptors (Lipinski definition) is 8. The maximum absolute atomic E-state index is 12.7. The van der Waals surface area contributed by atoms with Gasteiger partial charge in [-0.2, -0.15) is 0 Å². The summed E-state index contributed by atoms with van der Waals surface area (Å²) in [6, 6.07) is 15.2. The zero-order valence-corrected chi connectivity index (χ0v) is 26.5. The van der Waals surface area contributed by atoms with Crippen LogP contribution in [-0.4, -0.2) is 66.6 Å². The third-order valence-electron chi connectivity index (χ3n) is 7.67. The van der Waals surface area contributed by atoms with Crippen LogP contribution in [0.1, 0.15) is 76.8 Å². The molecule has 1 N–H and O–H groups in total. The van der Waals surface area contributed by atoms with Gasteiger partial charge in [-0.3, -0.25) is 14.9 Å². The Hall–Kier alpha value is -4.08. The van der Waals surface area contributed by atoms with E-state index in [1.807, 2.05) is 81.2 Å². The van der Waals surface area contributed by atoms with E-state index in [1.54, 1.807) is 4.90 Å². The molecule has 0 spiro atoms. The molecular formula is C34H46N4O6. The molecule has 0 saturated heterocycles. The fraction of sp³-hybridized carbons (Fsp3) is 0.529. The van der Waals surface area contributed by atoms with Crippen molar-refractivity contribution in [3.63, 3.8) is 0 Å². The first-order valence-electron chi connectivity index (χ1n) is 15.6. The van der Waals surface area contributed by atoms with Crippen LogP contribution in [0.15, 0.2) is 53.5 Å². The van der Waals surface area contributed by atoms with Crippen molar-refractivity contribution < 1.29 is 28.6 Å². The van der Waals surface area contributed by atoms with Gasteiger partial charge in [0.1, 0.15) is 18.9 Å². The molecule has 0 unspecified atom stereocenters. The largest absolute Gasteiger partial charge is 0.494 e. The van der Waals surface area contributed by atoms with E-state index >= 15 is 0 Å². The van der Waals surface area contributed by atoms with Crippen LogP contribution in [0, 0.1) is 5.41 Å². The highest BCUT2D eigenvalue weighted by molar-refractivity contribution is 5.97. The molecule has 10 heteroatoms. The highest BCUT2D eigenvalue weighted by Crippen LogP contribution is 2.30. The fourth-order valence-electron chi connectivity index (χ4n) is 5.20. The summed E-state index contributed by atoms with van der Waals surface area (Å²) in [7, 11) is 1.92. The SMILES string of the molecule is CN(C(=O)CCCOc1ccc2c(c1)CN(CC(=O)OCC(C)(C)C)C(NC(=O)OCc1ccccc1)=N2)C1CCCCC1. The van der Waals surface area contributed by atoms with Crippen LogP contribution in [0.4, 0.5) is 10.5 Å². The number of fused-ring (bicyclic) bond motifs is 1. The first kappa shape index (κ1) is 32.8. The van der Waals surface area contributed by atoms with E-state index in [9.17, 15) is 14.4 Å². The molecule has 4 rings (SSSR count). The quantitative estimate of drug-likeness (QED) is 0.248. The van der Waals surface area contributed by atoms with E-state index in [0.29, 0.717) is 43.5 Å². The van der Waals surface area contributed by atoms with Gasteiger partial charge in [-0.05, 0) is 48.4 Å². The molecule has 0 aromatic heterocycles. The number of guanidine groups is 1. The summed E-state index contributed by atoms with van der Waals surface area (Å²) in [4.78, 5) is 46.3. The molecule has 1 heterocycles. The minimum absolute atomic E-state index is 0.102. The summed E-state index contributed by atoms with van der Waals surface area (Å²) in [6.45, 7) is 6.95. The number of carbonyl (C=O) groups is 3. The Balaban J connectivity index is 1.36. The number of alkyl carbamates (subject to hydrolysis) is 1. The Labute approximate surface area is 260 Å². The van der Waals surface area contributed by atoms with Gasteiger partial charge in [-0.1, -0.05) is 70.4 Å². The van der Waals surface area contributed by atoms with Crippen LogP contribution < -0.4 is 10.1 Å². The summed E-state index contributed by atoms with van der Waals surface area (Å²) in [5, 5.41) is 2.70. The Morgan fingerprint density at radius 3 is 2.50 bits per heavy atom. The minimum Gasteiger partial charge on any atom is -0.494 e. The Morgan fingerprint density at radius 1 is 1.02 bits per heavy atom. The maximum atomic E-state index is 12.7. The van der Waals surface area contributed by atoms with Gasteiger partial charge < -0.3 is 24.0 Å². The molecule has 0 radical (unpaired) electrons. The molecule has 2 aromatic rings. The number of nitrogens with zero attached hydrogens (tertiary/aromatic N) is 3. The smallest absolute Gasteiger partial charge is 0.414 e. The van der Waals surface area contributed by atoms with Crippen molar-refractivity contribution in [3.05, 3.63) is 59.7 Å². The van der Waals surface area contributed by atoms with Crippen LogP contribution in [0.5, 0.6) is 5.75 Å². The van der Waals surface area contributed by atoms with Gasteiger partial charge in [0, 0.05) is 31.6 Å². The number of aliphatic imine (C=N–C) groups is 1. The second kappa shape index (κ2) is 15.6. The average Bonchev–Trinajstić information content (AvgIpc) is 3.01. The molecule has 1 fully saturated rings. The van der Waals surface area contributed by atoms with Crippen molar-refractivity contribution in [3.8, 4) is 5.75 Å². The lowest BCUT2D eigenvalue weighted by Crippen LogP contribution is -2.47. The molecule has 0 bridgehead atoms. The van der Waals surface area contributed by atoms with Crippen LogP contribution in [0.3, 0.4) is 0 Å². The summed E-state index contributed by atoms with van der Waals surface area (Å²) >= 11 is 0. The number of amides is 2. The topological polar surface area (TPSA) is 110 Å². The van der Waals surface area contributed by atoms with E-state index in [0.717, 1.165) is 24.0 Å². The molecule has 44 heavy (non-hydrogen) atoms. The van der Waals surface area contributed by atoms with E-state index in [-0.39, 0.29) is 37.0 Å². The van der Waals surface area contributed by atoms with Crippen molar-refractivity contribution in [1.82, 2.24) is 15.1 Å². The van der Waals surface area contributed by atoms with Crippen LogP contribution in [0.2, 0.25) is 0 Å². The number of rotatable bonds is 11. The monoisotopic (exact) mass is 606 g/mol. The van der Waals surface area contributed by atoms with Crippen molar-refractivity contribution in [2.24, 2.45) is 10.4 Å². The van der Waals surface area contributed by atoms with Gasteiger partial charge in [0.2, 0.25) is 11.9 Å². The van der Waals surface area contributed by atoms with Gasteiger partial charge in [0.15, 0.2) is 0 Å². The molecule has 2 aromatic carbocycles. The zero-order valence-electron chi connectivity index (χ0n) is 26.5. The van der Waals surface area contributed by atoms with E-state index in [4.69, 9.17) is 14.2 Å². The molecule has 238 valence electrons. The number of benzene rings is 2. The second-order valence-corrected chi connectivity index (χ2v) is 12.7. The average molecular weight is 607 g/mol. The lowest BCUT2D eigenvalue weighted by molar-refractivity contribution is -0.146. The molecule has 2 amide bonds. The molecule has 2 aliphatic rings. The van der Waals surface area contributed by atoms with Gasteiger partial charge >= 0.3 is 12.1 Å². The first-order valence-corrected chi connectivity index (χ1v) is 15.6. The Kier molecular flexibility index (Phi) is 11.6.